The minimum Gasteiger partial charge on any atom is -0.619 e. The summed E-state index contributed by atoms with van der Waals surface area (Å²) in [4.78, 5) is 0. The first-order valence-corrected chi connectivity index (χ1v) is 7.61. The Morgan fingerprint density at radius 2 is 2.13 bits per heavy atom. The number of hydrogen-bond donors (Lipinski definition) is 0. The predicted molar refractivity (Wildman–Crippen MR) is 82.7 cm³/mol. The van der Waals surface area contributed by atoms with Crippen molar-refractivity contribution in [2.24, 2.45) is 0 Å². The minimum atomic E-state index is -0.584. The highest BCUT2D eigenvalue weighted by Crippen LogP contribution is 2.39. The molecular formula is C16H12ClFN4O. The second-order valence-corrected chi connectivity index (χ2v) is 5.98. The number of halogens is 2. The summed E-state index contributed by atoms with van der Waals surface area (Å²) in [6.45, 7) is 0. The van der Waals surface area contributed by atoms with Gasteiger partial charge in [-0.15, -0.1) is 5.10 Å². The van der Waals surface area contributed by atoms with E-state index in [9.17, 15) is 9.60 Å². The van der Waals surface area contributed by atoms with E-state index in [4.69, 9.17) is 11.6 Å². The monoisotopic (exact) mass is 330 g/mol. The lowest BCUT2D eigenvalue weighted by Crippen LogP contribution is -2.24. The van der Waals surface area contributed by atoms with Crippen LogP contribution >= 0.6 is 11.6 Å². The lowest BCUT2D eigenvalue weighted by molar-refractivity contribution is -0.604. The van der Waals surface area contributed by atoms with E-state index in [1.54, 1.807) is 24.4 Å². The van der Waals surface area contributed by atoms with Gasteiger partial charge in [-0.25, -0.2) is 9.07 Å². The molecule has 0 atom stereocenters. The van der Waals surface area contributed by atoms with Gasteiger partial charge in [-0.05, 0) is 31.0 Å². The molecule has 2 heterocycles. The maximum absolute atomic E-state index is 14.6. The van der Waals surface area contributed by atoms with Gasteiger partial charge in [-0.3, -0.25) is 0 Å². The molecule has 0 saturated heterocycles. The van der Waals surface area contributed by atoms with Crippen molar-refractivity contribution >= 4 is 11.6 Å². The molecule has 5 nitrogen and oxygen atoms in total. The summed E-state index contributed by atoms with van der Waals surface area (Å²) in [7, 11) is 0. The van der Waals surface area contributed by atoms with Gasteiger partial charge in [0.25, 0.3) is 0 Å². The van der Waals surface area contributed by atoms with Gasteiger partial charge in [0.2, 0.25) is 0 Å². The van der Waals surface area contributed by atoms with Gasteiger partial charge in [-0.2, -0.15) is 4.73 Å². The van der Waals surface area contributed by atoms with Crippen LogP contribution in [-0.4, -0.2) is 15.0 Å². The van der Waals surface area contributed by atoms with Crippen molar-refractivity contribution in [2.45, 2.75) is 18.8 Å². The molecule has 3 aromatic rings. The first-order valence-electron chi connectivity index (χ1n) is 7.23. The highest BCUT2D eigenvalue weighted by molar-refractivity contribution is 6.31. The van der Waals surface area contributed by atoms with E-state index >= 15 is 0 Å². The first kappa shape index (κ1) is 14.1. The Bertz CT molecular complexity index is 892. The summed E-state index contributed by atoms with van der Waals surface area (Å²) >= 11 is 5.92. The zero-order valence-corrected chi connectivity index (χ0v) is 12.7. The van der Waals surface area contributed by atoms with Crippen LogP contribution in [0.1, 0.15) is 24.5 Å². The number of hydrogen-bond acceptors (Lipinski definition) is 3. The minimum absolute atomic E-state index is 0.00687. The predicted octanol–water partition coefficient (Wildman–Crippen LogP) is 3.24. The molecule has 23 heavy (non-hydrogen) atoms. The van der Waals surface area contributed by atoms with Crippen molar-refractivity contribution in [1.29, 1.82) is 0 Å². The Labute approximate surface area is 136 Å². The third kappa shape index (κ3) is 2.55. The molecule has 0 aliphatic heterocycles. The van der Waals surface area contributed by atoms with E-state index in [2.05, 4.69) is 10.3 Å². The molecule has 0 unspecified atom stereocenters. The van der Waals surface area contributed by atoms with Crippen LogP contribution in [-0.2, 0) is 0 Å². The Kier molecular flexibility index (Phi) is 3.27. The topological polar surface area (TPSA) is 57.6 Å². The van der Waals surface area contributed by atoms with Gasteiger partial charge in [-0.1, -0.05) is 16.8 Å². The molecule has 7 heteroatoms. The van der Waals surface area contributed by atoms with Gasteiger partial charge in [0, 0.05) is 12.0 Å². The molecule has 1 saturated carbocycles. The van der Waals surface area contributed by atoms with Crippen LogP contribution in [0.2, 0.25) is 5.02 Å². The molecular weight excluding hydrogens is 319 g/mol. The molecule has 1 aromatic carbocycles. The summed E-state index contributed by atoms with van der Waals surface area (Å²) in [5, 5.41) is 19.8. The highest BCUT2D eigenvalue weighted by Gasteiger charge is 2.27. The fourth-order valence-electron chi connectivity index (χ4n) is 2.57. The van der Waals surface area contributed by atoms with Crippen LogP contribution < -0.4 is 4.73 Å². The van der Waals surface area contributed by atoms with E-state index in [1.807, 2.05) is 0 Å². The first-order chi connectivity index (χ1) is 11.1. The second kappa shape index (κ2) is 5.31. The van der Waals surface area contributed by atoms with E-state index in [-0.39, 0.29) is 10.6 Å². The largest absolute Gasteiger partial charge is 0.619 e. The second-order valence-electron chi connectivity index (χ2n) is 5.57. The lowest BCUT2D eigenvalue weighted by Gasteiger charge is -2.11. The molecule has 1 aliphatic carbocycles. The van der Waals surface area contributed by atoms with Crippen molar-refractivity contribution < 1.29 is 9.12 Å². The molecule has 0 N–H and O–H groups in total. The Hall–Kier alpha value is -2.47. The van der Waals surface area contributed by atoms with Crippen LogP contribution in [0.4, 0.5) is 4.39 Å². The molecule has 0 bridgehead atoms. The average Bonchev–Trinajstić information content (AvgIpc) is 3.27. The fraction of sp³-hybridized carbons (Fsp3) is 0.188. The highest BCUT2D eigenvalue weighted by atomic mass is 35.5. The van der Waals surface area contributed by atoms with E-state index < -0.39 is 5.82 Å². The Balaban J connectivity index is 1.90. The molecule has 0 spiro atoms. The standard InChI is InChI=1S/C16H12ClFN4O/c17-12-5-6-14(22-9-13(19-20-22)10-3-4-10)15(16(12)18)11-2-1-7-21(23)8-11/h1-2,5-10H,3-4H2. The summed E-state index contributed by atoms with van der Waals surface area (Å²) in [5.74, 6) is -0.135. The van der Waals surface area contributed by atoms with E-state index in [1.165, 1.54) is 23.1 Å². The van der Waals surface area contributed by atoms with Crippen molar-refractivity contribution in [2.75, 3.05) is 0 Å². The summed E-state index contributed by atoms with van der Waals surface area (Å²) < 4.78 is 16.8. The number of benzene rings is 1. The SMILES string of the molecule is [O-][n+]1cccc(-c2c(-n3cc(C4CC4)nn3)ccc(Cl)c2F)c1. The molecule has 0 amide bonds. The Morgan fingerprint density at radius 1 is 1.30 bits per heavy atom. The lowest BCUT2D eigenvalue weighted by atomic mass is 10.0. The van der Waals surface area contributed by atoms with Crippen molar-refractivity contribution in [3.05, 3.63) is 64.6 Å². The molecule has 0 radical (unpaired) electrons. The molecule has 1 fully saturated rings. The number of nitrogens with zero attached hydrogens (tertiary/aromatic N) is 4. The Morgan fingerprint density at radius 3 is 2.87 bits per heavy atom. The maximum Gasteiger partial charge on any atom is 0.188 e. The van der Waals surface area contributed by atoms with Gasteiger partial charge < -0.3 is 5.21 Å². The van der Waals surface area contributed by atoms with Crippen LogP contribution in [0.3, 0.4) is 0 Å². The third-order valence-corrected chi connectivity index (χ3v) is 4.18. The van der Waals surface area contributed by atoms with Crippen molar-refractivity contribution in [3.8, 4) is 16.8 Å². The summed E-state index contributed by atoms with van der Waals surface area (Å²) in [5.41, 5.74) is 2.06. The summed E-state index contributed by atoms with van der Waals surface area (Å²) in [6.07, 6.45) is 6.66. The number of aromatic nitrogens is 4. The number of rotatable bonds is 3. The molecule has 116 valence electrons. The average molecular weight is 331 g/mol. The zero-order valence-electron chi connectivity index (χ0n) is 12.0. The maximum atomic E-state index is 14.6. The van der Waals surface area contributed by atoms with Gasteiger partial charge in [0.05, 0.1) is 33.7 Å². The quantitative estimate of drug-likeness (QED) is 0.547. The van der Waals surface area contributed by atoms with E-state index in [0.717, 1.165) is 18.5 Å². The van der Waals surface area contributed by atoms with E-state index in [0.29, 0.717) is 21.9 Å². The van der Waals surface area contributed by atoms with Crippen LogP contribution in [0.25, 0.3) is 16.8 Å². The van der Waals surface area contributed by atoms with Gasteiger partial charge in [0.15, 0.2) is 18.2 Å². The van der Waals surface area contributed by atoms with Crippen molar-refractivity contribution in [1.82, 2.24) is 15.0 Å². The number of pyridine rings is 1. The fourth-order valence-corrected chi connectivity index (χ4v) is 2.73. The zero-order chi connectivity index (χ0) is 16.0. The van der Waals surface area contributed by atoms with Gasteiger partial charge in [0.1, 0.15) is 0 Å². The van der Waals surface area contributed by atoms with Gasteiger partial charge >= 0.3 is 0 Å². The van der Waals surface area contributed by atoms with Crippen LogP contribution in [0.5, 0.6) is 0 Å². The smallest absolute Gasteiger partial charge is 0.188 e. The molecule has 1 aliphatic rings. The normalized spacial score (nSPS) is 14.2. The molecule has 4 rings (SSSR count). The van der Waals surface area contributed by atoms with Crippen LogP contribution in [0, 0.1) is 11.0 Å². The molecule has 2 aromatic heterocycles. The van der Waals surface area contributed by atoms with Crippen LogP contribution in [0.15, 0.2) is 42.9 Å². The summed E-state index contributed by atoms with van der Waals surface area (Å²) in [6, 6.07) is 6.37. The van der Waals surface area contributed by atoms with Crippen molar-refractivity contribution in [3.63, 3.8) is 0 Å². The third-order valence-electron chi connectivity index (χ3n) is 3.89.